The van der Waals surface area contributed by atoms with Crippen molar-refractivity contribution in [3.8, 4) is 0 Å². The topological polar surface area (TPSA) is 52.6 Å². The zero-order valence-electron chi connectivity index (χ0n) is 14.7. The molecule has 0 unspecified atom stereocenters. The lowest BCUT2D eigenvalue weighted by Gasteiger charge is -2.09. The molecular formula is C18H32O4. The number of hydrogen-bond acceptors (Lipinski definition) is 4. The predicted molar refractivity (Wildman–Crippen MR) is 88.6 cm³/mol. The molecule has 0 spiro atoms. The Kier molecular flexibility index (Phi) is 12.5. The number of unbranched alkanes of at least 4 members (excludes halogenated alkanes) is 6. The number of rotatable bonds is 12. The van der Waals surface area contributed by atoms with Gasteiger partial charge in [-0.15, -0.1) is 0 Å². The first-order valence-electron chi connectivity index (χ1n) is 8.56. The highest BCUT2D eigenvalue weighted by Crippen LogP contribution is 2.09. The van der Waals surface area contributed by atoms with Gasteiger partial charge in [-0.25, -0.2) is 9.59 Å². The first-order valence-corrected chi connectivity index (χ1v) is 8.56. The molecule has 0 aromatic rings. The molecule has 0 aromatic carbocycles. The summed E-state index contributed by atoms with van der Waals surface area (Å²) in [4.78, 5) is 23.7. The standard InChI is InChI=1S/C18H32O4/c1-5-7-9-11-13-21-17(19)15(3)16(4)18(20)22-14-12-10-8-6-2/h5-14H2,1-4H3/b16-15-. The Labute approximate surface area is 135 Å². The van der Waals surface area contributed by atoms with Crippen LogP contribution in [0.5, 0.6) is 0 Å². The van der Waals surface area contributed by atoms with Crippen LogP contribution in [0.1, 0.15) is 79.1 Å². The van der Waals surface area contributed by atoms with Gasteiger partial charge in [0.05, 0.1) is 13.2 Å². The van der Waals surface area contributed by atoms with E-state index in [0.29, 0.717) is 24.4 Å². The molecule has 0 fully saturated rings. The van der Waals surface area contributed by atoms with Crippen molar-refractivity contribution in [3.63, 3.8) is 0 Å². The molecule has 128 valence electrons. The Morgan fingerprint density at radius 2 is 1.00 bits per heavy atom. The molecule has 0 aromatic heterocycles. The van der Waals surface area contributed by atoms with Crippen LogP contribution in [0.25, 0.3) is 0 Å². The third kappa shape index (κ3) is 9.59. The summed E-state index contributed by atoms with van der Waals surface area (Å²) in [5.74, 6) is -0.839. The highest BCUT2D eigenvalue weighted by Gasteiger charge is 2.15. The van der Waals surface area contributed by atoms with Crippen LogP contribution >= 0.6 is 0 Å². The maximum absolute atomic E-state index is 11.8. The molecule has 4 heteroatoms. The first-order chi connectivity index (χ1) is 10.5. The van der Waals surface area contributed by atoms with Crippen LogP contribution in [0.2, 0.25) is 0 Å². The van der Waals surface area contributed by atoms with Gasteiger partial charge in [-0.1, -0.05) is 52.4 Å². The first kappa shape index (κ1) is 20.7. The molecular weight excluding hydrogens is 280 g/mol. The van der Waals surface area contributed by atoms with Crippen LogP contribution in [0.4, 0.5) is 0 Å². The normalized spacial score (nSPS) is 11.8. The fourth-order valence-electron chi connectivity index (χ4n) is 1.91. The SMILES string of the molecule is CCCCCCOC(=O)/C(C)=C(/C)C(=O)OCCCCCC. The third-order valence-corrected chi connectivity index (χ3v) is 3.64. The minimum Gasteiger partial charge on any atom is -0.462 e. The van der Waals surface area contributed by atoms with Gasteiger partial charge in [-0.2, -0.15) is 0 Å². The Morgan fingerprint density at radius 3 is 1.32 bits per heavy atom. The molecule has 0 heterocycles. The van der Waals surface area contributed by atoms with E-state index >= 15 is 0 Å². The van der Waals surface area contributed by atoms with E-state index in [2.05, 4.69) is 13.8 Å². The predicted octanol–water partition coefficient (Wildman–Crippen LogP) is 4.57. The second kappa shape index (κ2) is 13.4. The van der Waals surface area contributed by atoms with E-state index in [4.69, 9.17) is 9.47 Å². The number of ether oxygens (including phenoxy) is 2. The maximum atomic E-state index is 11.8. The zero-order chi connectivity index (χ0) is 16.8. The molecule has 0 saturated carbocycles. The lowest BCUT2D eigenvalue weighted by atomic mass is 10.1. The van der Waals surface area contributed by atoms with E-state index in [1.807, 2.05) is 0 Å². The van der Waals surface area contributed by atoms with Gasteiger partial charge in [-0.05, 0) is 26.7 Å². The Balaban J connectivity index is 4.09. The van der Waals surface area contributed by atoms with Crippen molar-refractivity contribution in [2.24, 2.45) is 0 Å². The Bertz CT molecular complexity index is 324. The molecule has 0 aliphatic rings. The molecule has 0 N–H and O–H groups in total. The Hall–Kier alpha value is -1.32. The summed E-state index contributed by atoms with van der Waals surface area (Å²) in [6.07, 6.45) is 8.45. The molecule has 4 nitrogen and oxygen atoms in total. The summed E-state index contributed by atoms with van der Waals surface area (Å²) >= 11 is 0. The van der Waals surface area contributed by atoms with Crippen LogP contribution < -0.4 is 0 Å². The fourth-order valence-corrected chi connectivity index (χ4v) is 1.91. The number of carbonyl (C=O) groups is 2. The van der Waals surface area contributed by atoms with Crippen molar-refractivity contribution in [3.05, 3.63) is 11.1 Å². The minimum atomic E-state index is -0.420. The molecule has 0 aliphatic carbocycles. The van der Waals surface area contributed by atoms with E-state index in [1.165, 1.54) is 0 Å². The van der Waals surface area contributed by atoms with E-state index in [9.17, 15) is 9.59 Å². The van der Waals surface area contributed by atoms with Gasteiger partial charge >= 0.3 is 11.9 Å². The van der Waals surface area contributed by atoms with Crippen LogP contribution in [0.3, 0.4) is 0 Å². The highest BCUT2D eigenvalue weighted by atomic mass is 16.5. The summed E-state index contributed by atoms with van der Waals surface area (Å²) in [7, 11) is 0. The summed E-state index contributed by atoms with van der Waals surface area (Å²) in [6.45, 7) is 8.32. The molecule has 22 heavy (non-hydrogen) atoms. The molecule has 0 radical (unpaired) electrons. The Morgan fingerprint density at radius 1 is 0.636 bits per heavy atom. The van der Waals surface area contributed by atoms with E-state index < -0.39 is 11.9 Å². The monoisotopic (exact) mass is 312 g/mol. The number of carbonyl (C=O) groups excluding carboxylic acids is 2. The summed E-state index contributed by atoms with van der Waals surface area (Å²) in [6, 6.07) is 0. The second-order valence-corrected chi connectivity index (χ2v) is 5.64. The van der Waals surface area contributed by atoms with Gasteiger partial charge in [0.25, 0.3) is 0 Å². The average Bonchev–Trinajstić information content (AvgIpc) is 2.52. The lowest BCUT2D eigenvalue weighted by Crippen LogP contribution is -2.14. The van der Waals surface area contributed by atoms with Crippen molar-refractivity contribution in [2.45, 2.75) is 79.1 Å². The fraction of sp³-hybridized carbons (Fsp3) is 0.778. The van der Waals surface area contributed by atoms with Crippen molar-refractivity contribution in [1.82, 2.24) is 0 Å². The van der Waals surface area contributed by atoms with Crippen LogP contribution in [-0.2, 0) is 19.1 Å². The van der Waals surface area contributed by atoms with E-state index in [0.717, 1.165) is 51.4 Å². The summed E-state index contributed by atoms with van der Waals surface area (Å²) in [5.41, 5.74) is 0.683. The molecule has 0 aliphatic heterocycles. The van der Waals surface area contributed by atoms with Crippen molar-refractivity contribution in [1.29, 1.82) is 0 Å². The van der Waals surface area contributed by atoms with Gasteiger partial charge < -0.3 is 9.47 Å². The molecule has 0 saturated heterocycles. The second-order valence-electron chi connectivity index (χ2n) is 5.64. The van der Waals surface area contributed by atoms with Gasteiger partial charge in [0.1, 0.15) is 0 Å². The molecule has 0 amide bonds. The molecule has 0 atom stereocenters. The van der Waals surface area contributed by atoms with Crippen molar-refractivity contribution >= 4 is 11.9 Å². The quantitative estimate of drug-likeness (QED) is 0.301. The highest BCUT2D eigenvalue weighted by molar-refractivity contribution is 5.99. The average molecular weight is 312 g/mol. The summed E-state index contributed by atoms with van der Waals surface area (Å²) in [5, 5.41) is 0. The maximum Gasteiger partial charge on any atom is 0.334 e. The summed E-state index contributed by atoms with van der Waals surface area (Å²) < 4.78 is 10.3. The minimum absolute atomic E-state index is 0.342. The van der Waals surface area contributed by atoms with Crippen molar-refractivity contribution < 1.29 is 19.1 Å². The van der Waals surface area contributed by atoms with E-state index in [-0.39, 0.29) is 0 Å². The van der Waals surface area contributed by atoms with Gasteiger partial charge in [0, 0.05) is 11.1 Å². The van der Waals surface area contributed by atoms with Gasteiger partial charge in [0.15, 0.2) is 0 Å². The molecule has 0 bridgehead atoms. The van der Waals surface area contributed by atoms with Crippen molar-refractivity contribution in [2.75, 3.05) is 13.2 Å². The van der Waals surface area contributed by atoms with E-state index in [1.54, 1.807) is 13.8 Å². The van der Waals surface area contributed by atoms with Gasteiger partial charge in [0.2, 0.25) is 0 Å². The van der Waals surface area contributed by atoms with Crippen LogP contribution in [0.15, 0.2) is 11.1 Å². The lowest BCUT2D eigenvalue weighted by molar-refractivity contribution is -0.142. The molecule has 0 rings (SSSR count). The third-order valence-electron chi connectivity index (χ3n) is 3.64. The number of hydrogen-bond donors (Lipinski definition) is 0. The largest absolute Gasteiger partial charge is 0.462 e. The van der Waals surface area contributed by atoms with Crippen LogP contribution in [-0.4, -0.2) is 25.2 Å². The zero-order valence-corrected chi connectivity index (χ0v) is 14.7. The van der Waals surface area contributed by atoms with Gasteiger partial charge in [-0.3, -0.25) is 0 Å². The van der Waals surface area contributed by atoms with Crippen LogP contribution in [0, 0.1) is 0 Å². The smallest absolute Gasteiger partial charge is 0.334 e. The number of esters is 2.